The highest BCUT2D eigenvalue weighted by atomic mass is 16.4. The summed E-state index contributed by atoms with van der Waals surface area (Å²) in [5.41, 5.74) is 3.42. The van der Waals surface area contributed by atoms with Crippen LogP contribution in [0.25, 0.3) is 0 Å². The zero-order valence-corrected chi connectivity index (χ0v) is 12.2. The van der Waals surface area contributed by atoms with Crippen molar-refractivity contribution in [2.75, 3.05) is 5.32 Å². The second kappa shape index (κ2) is 4.97. The van der Waals surface area contributed by atoms with Crippen molar-refractivity contribution >= 4 is 17.6 Å². The van der Waals surface area contributed by atoms with E-state index in [9.17, 15) is 14.7 Å². The molecule has 2 bridgehead atoms. The van der Waals surface area contributed by atoms with Crippen LogP contribution in [0.4, 0.5) is 5.69 Å². The van der Waals surface area contributed by atoms with E-state index in [0.29, 0.717) is 0 Å². The van der Waals surface area contributed by atoms with Gasteiger partial charge in [-0.3, -0.25) is 4.79 Å². The second-order valence-corrected chi connectivity index (χ2v) is 6.65. The predicted molar refractivity (Wildman–Crippen MR) is 79.8 cm³/mol. The van der Waals surface area contributed by atoms with Gasteiger partial charge in [-0.2, -0.15) is 0 Å². The molecule has 0 aromatic heterocycles. The summed E-state index contributed by atoms with van der Waals surface area (Å²) in [4.78, 5) is 24.0. The molecule has 0 unspecified atom stereocenters. The topological polar surface area (TPSA) is 69.2 Å². The molecule has 4 atom stereocenters. The lowest BCUT2D eigenvalue weighted by molar-refractivity contribution is -0.313. The number of aliphatic carboxylic acids is 1. The summed E-state index contributed by atoms with van der Waals surface area (Å²) in [6.07, 6.45) is 7.98. The number of rotatable bonds is 3. The van der Waals surface area contributed by atoms with Crippen LogP contribution in [0.2, 0.25) is 0 Å². The van der Waals surface area contributed by atoms with E-state index in [1.807, 2.05) is 24.3 Å². The fourth-order valence-electron chi connectivity index (χ4n) is 4.38. The summed E-state index contributed by atoms with van der Waals surface area (Å²) in [6, 6.07) is 6.01. The van der Waals surface area contributed by atoms with E-state index in [0.717, 1.165) is 31.4 Å². The van der Waals surface area contributed by atoms with E-state index in [1.54, 1.807) is 0 Å². The number of carbonyl (C=O) groups is 2. The number of benzene rings is 1. The maximum Gasteiger partial charge on any atom is 0.228 e. The molecular weight excluding hydrogens is 278 g/mol. The smallest absolute Gasteiger partial charge is 0.228 e. The zero-order chi connectivity index (χ0) is 15.3. The van der Waals surface area contributed by atoms with Crippen LogP contribution in [0.15, 0.2) is 30.4 Å². The fourth-order valence-corrected chi connectivity index (χ4v) is 4.38. The maximum atomic E-state index is 12.6. The van der Waals surface area contributed by atoms with Crippen molar-refractivity contribution in [3.8, 4) is 0 Å². The molecule has 3 aliphatic carbocycles. The SMILES string of the molecule is O=C([O-])[C@@H]1[C@@H](C(=O)Nc2ccc3c(c2)CCC3)[C@H]2C=C[C@H]1C2. The molecule has 1 N–H and O–H groups in total. The summed E-state index contributed by atoms with van der Waals surface area (Å²) in [7, 11) is 0. The molecule has 0 saturated heterocycles. The molecule has 1 saturated carbocycles. The Labute approximate surface area is 129 Å². The number of anilines is 1. The highest BCUT2D eigenvalue weighted by Gasteiger charge is 2.48. The van der Waals surface area contributed by atoms with Crippen LogP contribution >= 0.6 is 0 Å². The van der Waals surface area contributed by atoms with E-state index >= 15 is 0 Å². The van der Waals surface area contributed by atoms with Crippen molar-refractivity contribution in [1.82, 2.24) is 0 Å². The van der Waals surface area contributed by atoms with Crippen LogP contribution in [0.1, 0.15) is 24.0 Å². The van der Waals surface area contributed by atoms with Gasteiger partial charge < -0.3 is 15.2 Å². The molecule has 114 valence electrons. The van der Waals surface area contributed by atoms with Gasteiger partial charge in [0.05, 0.1) is 5.92 Å². The van der Waals surface area contributed by atoms with E-state index < -0.39 is 17.8 Å². The Balaban J connectivity index is 1.55. The Morgan fingerprint density at radius 2 is 1.77 bits per heavy atom. The molecule has 0 heterocycles. The Morgan fingerprint density at radius 1 is 1.05 bits per heavy atom. The molecule has 4 heteroatoms. The number of amides is 1. The number of nitrogens with one attached hydrogen (secondary N) is 1. The third-order valence-electron chi connectivity index (χ3n) is 5.40. The minimum absolute atomic E-state index is 0.0299. The van der Waals surface area contributed by atoms with Crippen LogP contribution in [-0.4, -0.2) is 11.9 Å². The molecule has 22 heavy (non-hydrogen) atoms. The second-order valence-electron chi connectivity index (χ2n) is 6.65. The Morgan fingerprint density at radius 3 is 2.55 bits per heavy atom. The molecular formula is C18H18NO3-. The molecule has 4 rings (SSSR count). The van der Waals surface area contributed by atoms with Gasteiger partial charge in [-0.1, -0.05) is 18.2 Å². The first-order valence-corrected chi connectivity index (χ1v) is 7.95. The molecule has 1 aromatic rings. The van der Waals surface area contributed by atoms with E-state index in [-0.39, 0.29) is 17.7 Å². The van der Waals surface area contributed by atoms with E-state index in [4.69, 9.17) is 0 Å². The normalized spacial score (nSPS) is 31.3. The average molecular weight is 296 g/mol. The number of carboxylic acid groups (broad SMARTS) is 1. The molecule has 4 nitrogen and oxygen atoms in total. The third-order valence-corrected chi connectivity index (χ3v) is 5.40. The number of carbonyl (C=O) groups excluding carboxylic acids is 2. The first-order chi connectivity index (χ1) is 10.6. The predicted octanol–water partition coefficient (Wildman–Crippen LogP) is 1.30. The van der Waals surface area contributed by atoms with Crippen LogP contribution < -0.4 is 10.4 Å². The summed E-state index contributed by atoms with van der Waals surface area (Å²) in [5, 5.41) is 14.3. The number of aryl methyl sites for hydroxylation is 2. The summed E-state index contributed by atoms with van der Waals surface area (Å²) in [6.45, 7) is 0. The van der Waals surface area contributed by atoms with Crippen LogP contribution in [0, 0.1) is 23.7 Å². The Bertz CT molecular complexity index is 679. The van der Waals surface area contributed by atoms with Crippen LogP contribution in [0.3, 0.4) is 0 Å². The fraction of sp³-hybridized carbons (Fsp3) is 0.444. The molecule has 1 aromatic carbocycles. The maximum absolute atomic E-state index is 12.6. The largest absolute Gasteiger partial charge is 0.550 e. The van der Waals surface area contributed by atoms with Gasteiger partial charge in [0.25, 0.3) is 0 Å². The highest BCUT2D eigenvalue weighted by Crippen LogP contribution is 2.48. The Kier molecular flexibility index (Phi) is 3.06. The van der Waals surface area contributed by atoms with Crippen LogP contribution in [0.5, 0.6) is 0 Å². The van der Waals surface area contributed by atoms with Gasteiger partial charge in [0, 0.05) is 17.6 Å². The molecule has 1 amide bonds. The number of hydrogen-bond donors (Lipinski definition) is 1. The minimum Gasteiger partial charge on any atom is -0.550 e. The van der Waals surface area contributed by atoms with Crippen molar-refractivity contribution in [2.45, 2.75) is 25.7 Å². The van der Waals surface area contributed by atoms with Gasteiger partial charge in [0.2, 0.25) is 5.91 Å². The van der Waals surface area contributed by atoms with Gasteiger partial charge in [-0.05, 0) is 60.8 Å². The molecule has 3 aliphatic rings. The van der Waals surface area contributed by atoms with Gasteiger partial charge in [0.15, 0.2) is 0 Å². The molecule has 0 radical (unpaired) electrons. The molecule has 0 aliphatic heterocycles. The summed E-state index contributed by atoms with van der Waals surface area (Å²) in [5.74, 6) is -2.51. The lowest BCUT2D eigenvalue weighted by Crippen LogP contribution is -2.42. The quantitative estimate of drug-likeness (QED) is 0.855. The number of carboxylic acids is 1. The first-order valence-electron chi connectivity index (χ1n) is 7.95. The van der Waals surface area contributed by atoms with Gasteiger partial charge >= 0.3 is 0 Å². The Hall–Kier alpha value is -2.10. The standard InChI is InChI=1S/C18H19NO3/c20-17(15-12-4-5-13(8-12)16(15)18(21)22)19-14-7-6-10-2-1-3-11(10)9-14/h4-7,9,12-13,15-16H,1-3,8H2,(H,19,20)(H,21,22)/p-1/t12-,13-,15-,16-/m0/s1. The molecule has 0 spiro atoms. The minimum atomic E-state index is -1.11. The first kappa shape index (κ1) is 13.6. The van der Waals surface area contributed by atoms with E-state index in [1.165, 1.54) is 11.1 Å². The average Bonchev–Trinajstić information content (AvgIpc) is 3.20. The third kappa shape index (κ3) is 2.05. The van der Waals surface area contributed by atoms with Gasteiger partial charge in [-0.15, -0.1) is 0 Å². The number of fused-ring (bicyclic) bond motifs is 3. The highest BCUT2D eigenvalue weighted by molar-refractivity contribution is 5.96. The van der Waals surface area contributed by atoms with Gasteiger partial charge in [0.1, 0.15) is 0 Å². The van der Waals surface area contributed by atoms with Crippen molar-refractivity contribution < 1.29 is 14.7 Å². The lowest BCUT2D eigenvalue weighted by Gasteiger charge is -2.27. The summed E-state index contributed by atoms with van der Waals surface area (Å²) >= 11 is 0. The number of allylic oxidation sites excluding steroid dienone is 2. The lowest BCUT2D eigenvalue weighted by atomic mass is 9.82. The summed E-state index contributed by atoms with van der Waals surface area (Å²) < 4.78 is 0. The van der Waals surface area contributed by atoms with Crippen molar-refractivity contribution in [1.29, 1.82) is 0 Å². The molecule has 1 fully saturated rings. The zero-order valence-electron chi connectivity index (χ0n) is 12.2. The monoisotopic (exact) mass is 296 g/mol. The van der Waals surface area contributed by atoms with Crippen molar-refractivity contribution in [2.24, 2.45) is 23.7 Å². The van der Waals surface area contributed by atoms with E-state index in [2.05, 4.69) is 11.4 Å². The number of hydrogen-bond acceptors (Lipinski definition) is 3. The van der Waals surface area contributed by atoms with Crippen LogP contribution in [-0.2, 0) is 22.4 Å². The van der Waals surface area contributed by atoms with Gasteiger partial charge in [-0.25, -0.2) is 0 Å². The van der Waals surface area contributed by atoms with Crippen molar-refractivity contribution in [3.05, 3.63) is 41.5 Å². The van der Waals surface area contributed by atoms with Crippen molar-refractivity contribution in [3.63, 3.8) is 0 Å².